The van der Waals surface area contributed by atoms with Crippen LogP contribution in [0, 0.1) is 0 Å². The topological polar surface area (TPSA) is 72.9 Å². The Kier molecular flexibility index (Phi) is 27.6. The molecule has 0 bridgehead atoms. The molecule has 1 heterocycles. The van der Waals surface area contributed by atoms with Gasteiger partial charge in [0.1, 0.15) is 11.4 Å². The van der Waals surface area contributed by atoms with Crippen LogP contribution in [0.2, 0.25) is 0 Å². The van der Waals surface area contributed by atoms with E-state index in [-0.39, 0.29) is 18.7 Å². The van der Waals surface area contributed by atoms with Crippen LogP contribution in [0.3, 0.4) is 0 Å². The third-order valence-corrected chi connectivity index (χ3v) is 25.6. The average molecular weight is 1390 g/mol. The largest absolute Gasteiger partial charge is 0.534 e. The molecule has 13 rings (SSSR count). The van der Waals surface area contributed by atoms with Crippen molar-refractivity contribution in [3.63, 3.8) is 0 Å². The van der Waals surface area contributed by atoms with Crippen LogP contribution >= 0.6 is 31.7 Å². The fourth-order valence-corrected chi connectivity index (χ4v) is 20.2. The molecule has 12 aromatic carbocycles. The van der Waals surface area contributed by atoms with Crippen molar-refractivity contribution in [1.82, 2.24) is 4.90 Å². The molecule has 0 fully saturated rings. The zero-order valence-electron chi connectivity index (χ0n) is 55.0. The second kappa shape index (κ2) is 37.0. The third-order valence-electron chi connectivity index (χ3n) is 14.8. The van der Waals surface area contributed by atoms with Gasteiger partial charge in [-0.15, -0.1) is 0 Å². The van der Waals surface area contributed by atoms with Crippen molar-refractivity contribution in [2.75, 3.05) is 6.54 Å². The maximum Gasteiger partial charge on any atom is 0.534 e. The maximum atomic E-state index is 12.3. The second-order valence-corrected chi connectivity index (χ2v) is 33.6. The average Bonchev–Trinajstić information content (AvgIpc) is 0.916. The van der Waals surface area contributed by atoms with Gasteiger partial charge in [-0.25, -0.2) is 4.79 Å². The van der Waals surface area contributed by atoms with Gasteiger partial charge in [0.25, 0.3) is 0 Å². The molecule has 1 aliphatic rings. The SMILES string of the molecule is CC1C=C(OS(=O)(=O)C(F)(F)F)CCN1C(=O)OC(C)(C)C.c1ccc(P(c2ccccc2)c2ccccc2)cc1.c1ccc(P(c2ccccc2)c2ccccc2)cc1.c1ccc(P(c2ccccc2)c2ccccc2)cc1.c1ccc(P(c2ccccc2)c2ccccc2)cc1. The van der Waals surface area contributed by atoms with Gasteiger partial charge in [0.05, 0.1) is 6.04 Å². The summed E-state index contributed by atoms with van der Waals surface area (Å²) in [6, 6.07) is 129. The van der Waals surface area contributed by atoms with Crippen LogP contribution in [-0.4, -0.2) is 43.1 Å². The zero-order chi connectivity index (χ0) is 69.0. The summed E-state index contributed by atoms with van der Waals surface area (Å²) in [7, 11) is -7.47. The molecule has 1 aliphatic heterocycles. The molecule has 12 aromatic rings. The van der Waals surface area contributed by atoms with Gasteiger partial charge in [0.2, 0.25) is 0 Å². The van der Waals surface area contributed by atoms with Crippen LogP contribution in [0.15, 0.2) is 376 Å². The Morgan fingerprint density at radius 3 is 0.663 bits per heavy atom. The van der Waals surface area contributed by atoms with Crippen molar-refractivity contribution in [2.45, 2.75) is 51.3 Å². The highest BCUT2D eigenvalue weighted by atomic mass is 32.2. The van der Waals surface area contributed by atoms with E-state index in [1.807, 2.05) is 0 Å². The van der Waals surface area contributed by atoms with Crippen molar-refractivity contribution in [2.24, 2.45) is 0 Å². The van der Waals surface area contributed by atoms with Crippen LogP contribution in [0.4, 0.5) is 18.0 Å². The van der Waals surface area contributed by atoms with Crippen molar-refractivity contribution >= 4 is 112 Å². The molecule has 14 heteroatoms. The lowest BCUT2D eigenvalue weighted by Crippen LogP contribution is -2.44. The summed E-state index contributed by atoms with van der Waals surface area (Å²) in [4.78, 5) is 13.2. The highest BCUT2D eigenvalue weighted by Crippen LogP contribution is 2.36. The first kappa shape index (κ1) is 73.2. The Morgan fingerprint density at radius 1 is 0.347 bits per heavy atom. The smallest absolute Gasteiger partial charge is 0.444 e. The molecule has 1 amide bonds. The maximum absolute atomic E-state index is 12.3. The van der Waals surface area contributed by atoms with E-state index in [0.29, 0.717) is 0 Å². The molecule has 0 N–H and O–H groups in total. The van der Waals surface area contributed by atoms with Crippen molar-refractivity contribution < 1.29 is 35.3 Å². The van der Waals surface area contributed by atoms with E-state index in [0.717, 1.165) is 6.08 Å². The normalized spacial score (nSPS) is 12.8. The van der Waals surface area contributed by atoms with Gasteiger partial charge in [-0.3, -0.25) is 0 Å². The number of rotatable bonds is 14. The van der Waals surface area contributed by atoms with Crippen LogP contribution in [0.1, 0.15) is 34.1 Å². The Morgan fingerprint density at radius 2 is 0.520 bits per heavy atom. The number of benzene rings is 12. The number of carbonyl (C=O) groups is 1. The van der Waals surface area contributed by atoms with Crippen LogP contribution < -0.4 is 63.7 Å². The fraction of sp³-hybridized carbons (Fsp3) is 0.107. The van der Waals surface area contributed by atoms with Gasteiger partial charge in [0.15, 0.2) is 0 Å². The molecular weight excluding hydrogens is 1320 g/mol. The van der Waals surface area contributed by atoms with Gasteiger partial charge in [-0.05, 0) is 129 Å². The second-order valence-electron chi connectivity index (χ2n) is 23.1. The van der Waals surface area contributed by atoms with Gasteiger partial charge < -0.3 is 13.8 Å². The number of alkyl halides is 3. The Hall–Kier alpha value is -9.09. The molecule has 98 heavy (non-hydrogen) atoms. The van der Waals surface area contributed by atoms with E-state index in [2.05, 4.69) is 368 Å². The fourth-order valence-electron chi connectivity index (χ4n) is 10.4. The van der Waals surface area contributed by atoms with Crippen LogP contribution in [-0.2, 0) is 19.0 Å². The lowest BCUT2D eigenvalue weighted by Gasteiger charge is -2.33. The minimum Gasteiger partial charge on any atom is -0.444 e. The van der Waals surface area contributed by atoms with E-state index in [1.165, 1.54) is 75.5 Å². The predicted molar refractivity (Wildman–Crippen MR) is 412 cm³/mol. The number of hydrogen-bond acceptors (Lipinski definition) is 5. The van der Waals surface area contributed by atoms with Gasteiger partial charge >= 0.3 is 21.7 Å². The van der Waals surface area contributed by atoms with E-state index >= 15 is 0 Å². The Bertz CT molecular complexity index is 3540. The first-order chi connectivity index (χ1) is 47.5. The number of amides is 1. The van der Waals surface area contributed by atoms with E-state index in [4.69, 9.17) is 4.74 Å². The predicted octanol–water partition coefficient (Wildman–Crippen LogP) is 16.5. The highest BCUT2D eigenvalue weighted by molar-refractivity contribution is 7.87. The van der Waals surface area contributed by atoms with Gasteiger partial charge in [-0.1, -0.05) is 364 Å². The molecule has 6 nitrogen and oxygen atoms in total. The molecule has 1 atom stereocenters. The Balaban J connectivity index is 0.000000143. The highest BCUT2D eigenvalue weighted by Gasteiger charge is 2.49. The van der Waals surface area contributed by atoms with Crippen LogP contribution in [0.25, 0.3) is 0 Å². The van der Waals surface area contributed by atoms with E-state index < -0.39 is 65.0 Å². The molecule has 1 unspecified atom stereocenters. The summed E-state index contributed by atoms with van der Waals surface area (Å²) in [5, 5.41) is 16.8. The molecule has 0 radical (unpaired) electrons. The third kappa shape index (κ3) is 22.0. The summed E-state index contributed by atoms with van der Waals surface area (Å²) in [5.74, 6) is -0.343. The quantitative estimate of drug-likeness (QED) is 0.0616. The molecule has 0 saturated carbocycles. The lowest BCUT2D eigenvalue weighted by atomic mass is 10.1. The number of ether oxygens (including phenoxy) is 1. The lowest BCUT2D eigenvalue weighted by molar-refractivity contribution is -0.0526. The number of nitrogens with zero attached hydrogens (tertiary/aromatic N) is 1. The summed E-state index contributed by atoms with van der Waals surface area (Å²) >= 11 is 0. The monoisotopic (exact) mass is 1390 g/mol. The number of hydrogen-bond donors (Lipinski definition) is 0. The molecule has 0 aliphatic carbocycles. The first-order valence-corrected chi connectivity index (χ1v) is 38.8. The molecule has 496 valence electrons. The van der Waals surface area contributed by atoms with Crippen molar-refractivity contribution in [3.8, 4) is 0 Å². The van der Waals surface area contributed by atoms with Crippen molar-refractivity contribution in [1.29, 1.82) is 0 Å². The van der Waals surface area contributed by atoms with E-state index in [1.54, 1.807) is 20.8 Å². The minimum absolute atomic E-state index is 0.00467. The molecule has 0 spiro atoms. The van der Waals surface area contributed by atoms with Gasteiger partial charge in [-0.2, -0.15) is 21.6 Å². The van der Waals surface area contributed by atoms with Crippen molar-refractivity contribution in [3.05, 3.63) is 376 Å². The first-order valence-electron chi connectivity index (χ1n) is 32.0. The van der Waals surface area contributed by atoms with Gasteiger partial charge in [0, 0.05) is 13.0 Å². The number of carbonyl (C=O) groups excluding carboxylic acids is 1. The molecular formula is C84H78F3NO5P4S. The Labute approximate surface area is 581 Å². The van der Waals surface area contributed by atoms with Crippen LogP contribution in [0.5, 0.6) is 0 Å². The number of halogens is 3. The summed E-state index contributed by atoms with van der Waals surface area (Å²) < 4.78 is 67.9. The summed E-state index contributed by atoms with van der Waals surface area (Å²) in [5.41, 5.74) is -6.20. The summed E-state index contributed by atoms with van der Waals surface area (Å²) in [6.07, 6.45) is 0.365. The molecule has 0 saturated heterocycles. The summed E-state index contributed by atoms with van der Waals surface area (Å²) in [6.45, 7) is 6.56. The zero-order valence-corrected chi connectivity index (χ0v) is 59.4. The minimum atomic E-state index is -5.69. The molecule has 0 aromatic heterocycles. The van der Waals surface area contributed by atoms with E-state index in [9.17, 15) is 26.4 Å². The standard InChI is InChI=1S/4C18H15P.C12H18F3NO5S/c4*1-4-10-16(11-5-1)19(17-12-6-2-7-13-17)18-14-8-3-9-15-18;1-8-7-9(21-22(18,19)12(13,14)15)5-6-16(8)10(17)20-11(2,3)4/h4*1-15H;7-8H,5-6H2,1-4H3.